The molecule has 4 heterocycles. The van der Waals surface area contributed by atoms with E-state index in [2.05, 4.69) is 26.1 Å². The van der Waals surface area contributed by atoms with Crippen molar-refractivity contribution in [3.8, 4) is 22.8 Å². The summed E-state index contributed by atoms with van der Waals surface area (Å²) in [7, 11) is 0. The topological polar surface area (TPSA) is 92.3 Å². The van der Waals surface area contributed by atoms with Gasteiger partial charge in [0.2, 0.25) is 5.82 Å². The van der Waals surface area contributed by atoms with Crippen LogP contribution in [0.1, 0.15) is 17.7 Å². The minimum absolute atomic E-state index is 0.0137. The van der Waals surface area contributed by atoms with Crippen molar-refractivity contribution in [3.05, 3.63) is 59.0 Å². The van der Waals surface area contributed by atoms with E-state index in [-0.39, 0.29) is 18.4 Å². The van der Waals surface area contributed by atoms with Crippen molar-refractivity contribution in [1.29, 1.82) is 0 Å². The predicted molar refractivity (Wildman–Crippen MR) is 108 cm³/mol. The van der Waals surface area contributed by atoms with Crippen LogP contribution in [0, 0.1) is 12.8 Å². The van der Waals surface area contributed by atoms with Crippen molar-refractivity contribution in [2.75, 3.05) is 4.90 Å². The Morgan fingerprint density at radius 3 is 2.93 bits per heavy atom. The highest BCUT2D eigenvalue weighted by atomic mass is 35.5. The van der Waals surface area contributed by atoms with E-state index >= 15 is 0 Å². The number of nitrogens with zero attached hydrogens (tertiary/aromatic N) is 4. The van der Waals surface area contributed by atoms with E-state index in [9.17, 15) is 4.79 Å². The van der Waals surface area contributed by atoms with Gasteiger partial charge >= 0.3 is 5.97 Å². The highest BCUT2D eigenvalue weighted by Gasteiger charge is 2.37. The van der Waals surface area contributed by atoms with Gasteiger partial charge in [0.15, 0.2) is 0 Å². The first-order valence-electron chi connectivity index (χ1n) is 9.28. The second kappa shape index (κ2) is 6.70. The summed E-state index contributed by atoms with van der Waals surface area (Å²) < 4.78 is 5.44. The fourth-order valence-corrected chi connectivity index (χ4v) is 4.39. The SMILES string of the molecule is Cc1cc(-c2nc(-c3ccc4c(c3)CC3C(CC(=O)O)C=CN43)no2)cc(Cl)n1. The second-order valence-electron chi connectivity index (χ2n) is 7.37. The molecule has 1 aromatic carbocycles. The number of aromatic nitrogens is 3. The average Bonchev–Trinajstić information content (AvgIpc) is 3.36. The van der Waals surface area contributed by atoms with Crippen LogP contribution in [0.3, 0.4) is 0 Å². The van der Waals surface area contributed by atoms with E-state index in [1.165, 1.54) is 0 Å². The number of benzene rings is 1. The molecular weight excluding hydrogens is 392 g/mol. The summed E-state index contributed by atoms with van der Waals surface area (Å²) in [6.07, 6.45) is 4.91. The molecule has 2 atom stereocenters. The predicted octanol–water partition coefficient (Wildman–Crippen LogP) is 4.11. The number of halogens is 1. The second-order valence-corrected chi connectivity index (χ2v) is 7.76. The molecular formula is C21H17ClN4O3. The van der Waals surface area contributed by atoms with Crippen molar-refractivity contribution in [2.45, 2.75) is 25.8 Å². The fraction of sp³-hybridized carbons (Fsp3) is 0.238. The first-order valence-corrected chi connectivity index (χ1v) is 9.66. The lowest BCUT2D eigenvalue weighted by atomic mass is 9.95. The van der Waals surface area contributed by atoms with Crippen LogP contribution < -0.4 is 4.90 Å². The summed E-state index contributed by atoms with van der Waals surface area (Å²) in [5, 5.41) is 13.6. The summed E-state index contributed by atoms with van der Waals surface area (Å²) >= 11 is 6.03. The van der Waals surface area contributed by atoms with Gasteiger partial charge in [-0.25, -0.2) is 4.98 Å². The van der Waals surface area contributed by atoms with E-state index < -0.39 is 5.97 Å². The number of hydrogen-bond donors (Lipinski definition) is 1. The molecule has 0 amide bonds. The molecule has 0 spiro atoms. The summed E-state index contributed by atoms with van der Waals surface area (Å²) in [5.41, 5.74) is 4.61. The van der Waals surface area contributed by atoms with Gasteiger partial charge in [-0.05, 0) is 49.2 Å². The van der Waals surface area contributed by atoms with E-state index in [0.717, 1.165) is 34.5 Å². The first-order chi connectivity index (χ1) is 14.0. The third kappa shape index (κ3) is 3.17. The largest absolute Gasteiger partial charge is 0.481 e. The maximum Gasteiger partial charge on any atom is 0.304 e. The lowest BCUT2D eigenvalue weighted by Crippen LogP contribution is -2.29. The number of pyridine rings is 1. The van der Waals surface area contributed by atoms with Gasteiger partial charge in [-0.3, -0.25) is 4.79 Å². The molecule has 7 nitrogen and oxygen atoms in total. The van der Waals surface area contributed by atoms with Crippen LogP contribution in [0.5, 0.6) is 0 Å². The maximum absolute atomic E-state index is 11.1. The fourth-order valence-electron chi connectivity index (χ4n) is 4.14. The van der Waals surface area contributed by atoms with Gasteiger partial charge in [0, 0.05) is 40.7 Å². The van der Waals surface area contributed by atoms with Crippen LogP contribution >= 0.6 is 11.6 Å². The maximum atomic E-state index is 11.1. The molecule has 5 rings (SSSR count). The van der Waals surface area contributed by atoms with Gasteiger partial charge in [0.25, 0.3) is 5.89 Å². The van der Waals surface area contributed by atoms with Gasteiger partial charge < -0.3 is 14.5 Å². The number of anilines is 1. The van der Waals surface area contributed by atoms with Gasteiger partial charge in [0.05, 0.1) is 6.42 Å². The van der Waals surface area contributed by atoms with Crippen molar-refractivity contribution in [1.82, 2.24) is 15.1 Å². The van der Waals surface area contributed by atoms with Crippen LogP contribution in [-0.4, -0.2) is 32.2 Å². The summed E-state index contributed by atoms with van der Waals surface area (Å²) in [5.74, 6) is 0.125. The monoisotopic (exact) mass is 408 g/mol. The van der Waals surface area contributed by atoms with Crippen molar-refractivity contribution in [2.24, 2.45) is 5.92 Å². The highest BCUT2D eigenvalue weighted by Crippen LogP contribution is 2.41. The number of rotatable bonds is 4. The summed E-state index contributed by atoms with van der Waals surface area (Å²) in [6.45, 7) is 1.85. The molecule has 2 unspecified atom stereocenters. The smallest absolute Gasteiger partial charge is 0.304 e. The number of carboxylic acid groups (broad SMARTS) is 1. The van der Waals surface area contributed by atoms with Crippen LogP contribution in [0.15, 0.2) is 47.1 Å². The number of carboxylic acids is 1. The molecule has 0 radical (unpaired) electrons. The Balaban J connectivity index is 1.43. The van der Waals surface area contributed by atoms with Crippen molar-refractivity contribution < 1.29 is 14.4 Å². The lowest BCUT2D eigenvalue weighted by Gasteiger charge is -2.21. The normalized spacial score (nSPS) is 19.4. The molecule has 2 aliphatic heterocycles. The molecule has 0 saturated carbocycles. The molecule has 146 valence electrons. The van der Waals surface area contributed by atoms with E-state index in [1.807, 2.05) is 37.4 Å². The Morgan fingerprint density at radius 1 is 1.28 bits per heavy atom. The van der Waals surface area contributed by atoms with E-state index in [1.54, 1.807) is 6.07 Å². The van der Waals surface area contributed by atoms with Crippen LogP contribution in [0.25, 0.3) is 22.8 Å². The Kier molecular flexibility index (Phi) is 4.13. The van der Waals surface area contributed by atoms with Gasteiger partial charge in [0.1, 0.15) is 5.15 Å². The number of aliphatic carboxylic acids is 1. The molecule has 3 aromatic rings. The third-order valence-electron chi connectivity index (χ3n) is 5.40. The van der Waals surface area contributed by atoms with Crippen LogP contribution in [0.4, 0.5) is 5.69 Å². The molecule has 2 aromatic heterocycles. The van der Waals surface area contributed by atoms with E-state index in [4.69, 9.17) is 21.2 Å². The number of hydrogen-bond acceptors (Lipinski definition) is 6. The molecule has 0 saturated heterocycles. The van der Waals surface area contributed by atoms with Gasteiger partial charge in [-0.2, -0.15) is 4.98 Å². The zero-order valence-corrected chi connectivity index (χ0v) is 16.3. The molecule has 0 bridgehead atoms. The average molecular weight is 409 g/mol. The molecule has 0 fully saturated rings. The number of carbonyl (C=O) groups is 1. The lowest BCUT2D eigenvalue weighted by molar-refractivity contribution is -0.137. The minimum Gasteiger partial charge on any atom is -0.481 e. The Bertz CT molecular complexity index is 1140. The molecule has 1 N–H and O–H groups in total. The number of fused-ring (bicyclic) bond motifs is 3. The standard InChI is InChI=1S/C21H17ClN4O3/c1-11-6-15(9-18(22)23-11)21-24-20(25-29-21)13-2-3-16-14(7-13)8-17-12(10-19(27)28)4-5-26(16)17/h2-7,9,12,17H,8,10H2,1H3,(H,27,28). The third-order valence-corrected chi connectivity index (χ3v) is 5.59. The molecule has 8 heteroatoms. The van der Waals surface area contributed by atoms with Crippen molar-refractivity contribution >= 4 is 23.3 Å². The molecule has 29 heavy (non-hydrogen) atoms. The Hall–Kier alpha value is -3.19. The first kappa shape index (κ1) is 17.9. The molecule has 0 aliphatic carbocycles. The zero-order chi connectivity index (χ0) is 20.1. The molecule has 2 aliphatic rings. The Labute approximate surface area is 171 Å². The van der Waals surface area contributed by atoms with Gasteiger partial charge in [-0.1, -0.05) is 22.8 Å². The van der Waals surface area contributed by atoms with Crippen LogP contribution in [-0.2, 0) is 11.2 Å². The van der Waals surface area contributed by atoms with Crippen molar-refractivity contribution in [3.63, 3.8) is 0 Å². The van der Waals surface area contributed by atoms with Crippen LogP contribution in [0.2, 0.25) is 5.15 Å². The summed E-state index contributed by atoms with van der Waals surface area (Å²) in [4.78, 5) is 21.9. The zero-order valence-electron chi connectivity index (χ0n) is 15.5. The minimum atomic E-state index is -0.774. The van der Waals surface area contributed by atoms with E-state index in [0.29, 0.717) is 16.9 Å². The Morgan fingerprint density at radius 2 is 2.14 bits per heavy atom. The highest BCUT2D eigenvalue weighted by molar-refractivity contribution is 6.29. The summed E-state index contributed by atoms with van der Waals surface area (Å²) in [6, 6.07) is 9.73. The van der Waals surface area contributed by atoms with Gasteiger partial charge in [-0.15, -0.1) is 0 Å². The number of aryl methyl sites for hydroxylation is 1. The quantitative estimate of drug-likeness (QED) is 0.649.